The molecular weight excluding hydrogens is 378 g/mol. The zero-order valence-corrected chi connectivity index (χ0v) is 14.0. The van der Waals surface area contributed by atoms with Crippen molar-refractivity contribution in [1.82, 2.24) is 0 Å². The van der Waals surface area contributed by atoms with Crippen LogP contribution < -0.4 is 16.2 Å². The number of primary amides is 1. The second-order valence-electron chi connectivity index (χ2n) is 4.64. The van der Waals surface area contributed by atoms with Crippen LogP contribution in [0.5, 0.6) is 5.75 Å². The third-order valence-electron chi connectivity index (χ3n) is 2.82. The van der Waals surface area contributed by atoms with Crippen molar-refractivity contribution in [2.45, 2.75) is 0 Å². The predicted molar refractivity (Wildman–Crippen MR) is 91.4 cm³/mol. The van der Waals surface area contributed by atoms with E-state index in [4.69, 9.17) is 21.0 Å². The molecular formula is C16H14BrN3O4. The van der Waals surface area contributed by atoms with Crippen LogP contribution in [0.4, 0.5) is 0 Å². The second-order valence-corrected chi connectivity index (χ2v) is 5.56. The van der Waals surface area contributed by atoms with Crippen LogP contribution in [0, 0.1) is 0 Å². The number of hydrogen-bond acceptors (Lipinski definition) is 5. The second kappa shape index (κ2) is 8.11. The lowest BCUT2D eigenvalue weighted by Crippen LogP contribution is -2.20. The summed E-state index contributed by atoms with van der Waals surface area (Å²) in [6.07, 6.45) is 0. The molecule has 0 atom stereocenters. The minimum atomic E-state index is -0.624. The number of hydrogen-bond donors (Lipinski definition) is 2. The molecule has 0 saturated carbocycles. The molecule has 0 radical (unpaired) electrons. The van der Waals surface area contributed by atoms with E-state index >= 15 is 0 Å². The Balaban J connectivity index is 2.00. The lowest BCUT2D eigenvalue weighted by atomic mass is 10.2. The van der Waals surface area contributed by atoms with Crippen LogP contribution in [-0.4, -0.2) is 24.3 Å². The standard InChI is InChI=1S/C16H14BrN3O4/c17-12-3-1-2-11(8-12)16(22)24-20-15(19)10-4-6-13(7-5-10)23-9-14(18)21/h1-8H,9H2,(H2,18,21)(H2,19,20). The number of benzene rings is 2. The highest BCUT2D eigenvalue weighted by Crippen LogP contribution is 2.14. The summed E-state index contributed by atoms with van der Waals surface area (Å²) >= 11 is 3.27. The van der Waals surface area contributed by atoms with Crippen molar-refractivity contribution in [3.63, 3.8) is 0 Å². The summed E-state index contributed by atoms with van der Waals surface area (Å²) in [5, 5.41) is 3.62. The number of amidine groups is 1. The molecule has 7 nitrogen and oxygen atoms in total. The van der Waals surface area contributed by atoms with E-state index in [1.807, 2.05) is 0 Å². The summed E-state index contributed by atoms with van der Waals surface area (Å²) in [4.78, 5) is 27.3. The van der Waals surface area contributed by atoms with Gasteiger partial charge >= 0.3 is 5.97 Å². The Labute approximate surface area is 146 Å². The van der Waals surface area contributed by atoms with Crippen molar-refractivity contribution in [3.05, 3.63) is 64.1 Å². The normalized spacial score (nSPS) is 11.0. The molecule has 4 N–H and O–H groups in total. The summed E-state index contributed by atoms with van der Waals surface area (Å²) in [6.45, 7) is -0.215. The minimum absolute atomic E-state index is 0.0276. The lowest BCUT2D eigenvalue weighted by molar-refractivity contribution is -0.119. The van der Waals surface area contributed by atoms with Crippen molar-refractivity contribution < 1.29 is 19.2 Å². The smallest absolute Gasteiger partial charge is 0.365 e. The molecule has 2 aromatic carbocycles. The molecule has 0 bridgehead atoms. The number of rotatable bonds is 6. The van der Waals surface area contributed by atoms with Gasteiger partial charge in [-0.3, -0.25) is 4.79 Å². The van der Waals surface area contributed by atoms with E-state index in [1.54, 1.807) is 48.5 Å². The Morgan fingerprint density at radius 1 is 1.04 bits per heavy atom. The molecule has 0 saturated heterocycles. The maximum absolute atomic E-state index is 11.9. The monoisotopic (exact) mass is 391 g/mol. The van der Waals surface area contributed by atoms with E-state index in [2.05, 4.69) is 21.1 Å². The van der Waals surface area contributed by atoms with Crippen molar-refractivity contribution in [3.8, 4) is 5.75 Å². The maximum atomic E-state index is 11.9. The largest absolute Gasteiger partial charge is 0.484 e. The lowest BCUT2D eigenvalue weighted by Gasteiger charge is -2.05. The molecule has 8 heteroatoms. The van der Waals surface area contributed by atoms with E-state index in [0.29, 0.717) is 16.9 Å². The van der Waals surface area contributed by atoms with Crippen LogP contribution in [0.15, 0.2) is 58.2 Å². The summed E-state index contributed by atoms with van der Waals surface area (Å²) in [6, 6.07) is 13.1. The third kappa shape index (κ3) is 5.10. The van der Waals surface area contributed by atoms with Gasteiger partial charge in [-0.2, -0.15) is 0 Å². The van der Waals surface area contributed by atoms with Gasteiger partial charge < -0.3 is 21.0 Å². The molecule has 2 rings (SSSR count). The highest BCUT2D eigenvalue weighted by atomic mass is 79.9. The Kier molecular flexibility index (Phi) is 5.91. The maximum Gasteiger partial charge on any atom is 0.365 e. The van der Waals surface area contributed by atoms with Gasteiger partial charge in [-0.05, 0) is 42.5 Å². The Bertz CT molecular complexity index is 775. The number of nitrogens with zero attached hydrogens (tertiary/aromatic N) is 1. The van der Waals surface area contributed by atoms with Gasteiger partial charge in [-0.1, -0.05) is 27.2 Å². The first-order valence-corrected chi connectivity index (χ1v) is 7.57. The van der Waals surface area contributed by atoms with E-state index in [1.165, 1.54) is 0 Å². The van der Waals surface area contributed by atoms with Gasteiger partial charge in [-0.25, -0.2) is 4.79 Å². The Morgan fingerprint density at radius 3 is 2.38 bits per heavy atom. The van der Waals surface area contributed by atoms with Crippen LogP contribution in [-0.2, 0) is 9.63 Å². The summed E-state index contributed by atoms with van der Waals surface area (Å²) in [7, 11) is 0. The van der Waals surface area contributed by atoms with Gasteiger partial charge in [0.25, 0.3) is 5.91 Å². The van der Waals surface area contributed by atoms with E-state index in [0.717, 1.165) is 4.47 Å². The Hall–Kier alpha value is -2.87. The first kappa shape index (κ1) is 17.5. The van der Waals surface area contributed by atoms with Crippen LogP contribution in [0.2, 0.25) is 0 Å². The highest BCUT2D eigenvalue weighted by Gasteiger charge is 2.08. The predicted octanol–water partition coefficient (Wildman–Crippen LogP) is 1.79. The average molecular weight is 392 g/mol. The minimum Gasteiger partial charge on any atom is -0.484 e. The summed E-state index contributed by atoms with van der Waals surface area (Å²) in [5.41, 5.74) is 11.6. The fourth-order valence-electron chi connectivity index (χ4n) is 1.69. The Morgan fingerprint density at radius 2 is 1.75 bits per heavy atom. The van der Waals surface area contributed by atoms with Gasteiger partial charge in [0.05, 0.1) is 5.56 Å². The number of amides is 1. The molecule has 1 amide bonds. The molecule has 0 heterocycles. The molecule has 124 valence electrons. The van der Waals surface area contributed by atoms with Gasteiger partial charge in [0.1, 0.15) is 5.75 Å². The van der Waals surface area contributed by atoms with Gasteiger partial charge in [0.2, 0.25) is 0 Å². The van der Waals surface area contributed by atoms with Crippen LogP contribution in [0.3, 0.4) is 0 Å². The molecule has 0 aliphatic carbocycles. The van der Waals surface area contributed by atoms with E-state index in [-0.39, 0.29) is 12.4 Å². The molecule has 0 aliphatic rings. The zero-order valence-electron chi connectivity index (χ0n) is 12.4. The number of halogens is 1. The highest BCUT2D eigenvalue weighted by molar-refractivity contribution is 9.10. The number of ether oxygens (including phenoxy) is 1. The fraction of sp³-hybridized carbons (Fsp3) is 0.0625. The van der Waals surface area contributed by atoms with Crippen molar-refractivity contribution in [1.29, 1.82) is 0 Å². The van der Waals surface area contributed by atoms with Crippen LogP contribution in [0.25, 0.3) is 0 Å². The molecule has 2 aromatic rings. The van der Waals surface area contributed by atoms with E-state index in [9.17, 15) is 9.59 Å². The van der Waals surface area contributed by atoms with Crippen molar-refractivity contribution >= 4 is 33.6 Å². The molecule has 0 unspecified atom stereocenters. The van der Waals surface area contributed by atoms with Gasteiger partial charge in [0, 0.05) is 10.0 Å². The zero-order chi connectivity index (χ0) is 17.5. The molecule has 0 spiro atoms. The molecule has 24 heavy (non-hydrogen) atoms. The number of carbonyl (C=O) groups is 2. The fourth-order valence-corrected chi connectivity index (χ4v) is 2.09. The number of nitrogens with two attached hydrogens (primary N) is 2. The van der Waals surface area contributed by atoms with Crippen LogP contribution in [0.1, 0.15) is 15.9 Å². The molecule has 0 fully saturated rings. The van der Waals surface area contributed by atoms with E-state index < -0.39 is 11.9 Å². The SMILES string of the molecule is NC(=O)COc1ccc(/C(N)=N/OC(=O)c2cccc(Br)c2)cc1. The topological polar surface area (TPSA) is 117 Å². The summed E-state index contributed by atoms with van der Waals surface area (Å²) in [5.74, 6) is -0.712. The van der Waals surface area contributed by atoms with Gasteiger partial charge in [0.15, 0.2) is 12.4 Å². The summed E-state index contributed by atoms with van der Waals surface area (Å²) < 4.78 is 5.87. The van der Waals surface area contributed by atoms with Crippen LogP contribution >= 0.6 is 15.9 Å². The molecule has 0 aromatic heterocycles. The van der Waals surface area contributed by atoms with Crippen molar-refractivity contribution in [2.75, 3.05) is 6.61 Å². The quantitative estimate of drug-likeness (QED) is 0.337. The number of carbonyl (C=O) groups excluding carboxylic acids is 2. The number of oxime groups is 1. The first-order valence-electron chi connectivity index (χ1n) is 6.77. The average Bonchev–Trinajstić information content (AvgIpc) is 2.58. The van der Waals surface area contributed by atoms with Crippen molar-refractivity contribution in [2.24, 2.45) is 16.6 Å². The third-order valence-corrected chi connectivity index (χ3v) is 3.31. The van der Waals surface area contributed by atoms with Gasteiger partial charge in [-0.15, -0.1) is 0 Å². The molecule has 0 aliphatic heterocycles. The first-order chi connectivity index (χ1) is 11.5.